The van der Waals surface area contributed by atoms with Crippen LogP contribution < -0.4 is 10.0 Å². The van der Waals surface area contributed by atoms with E-state index >= 15 is 0 Å². The number of hydrogen-bond acceptors (Lipinski definition) is 5. The Balaban J connectivity index is 1.47. The van der Waals surface area contributed by atoms with E-state index in [1.807, 2.05) is 19.3 Å². The van der Waals surface area contributed by atoms with Gasteiger partial charge in [-0.15, -0.1) is 0 Å². The van der Waals surface area contributed by atoms with Crippen LogP contribution in [0.4, 0.5) is 5.82 Å². The van der Waals surface area contributed by atoms with Crippen molar-refractivity contribution in [3.05, 3.63) is 18.6 Å². The van der Waals surface area contributed by atoms with Crippen molar-refractivity contribution in [2.75, 3.05) is 18.5 Å². The van der Waals surface area contributed by atoms with Gasteiger partial charge in [-0.2, -0.15) is 12.7 Å². The Morgan fingerprint density at radius 1 is 1.38 bits per heavy atom. The van der Waals surface area contributed by atoms with Crippen LogP contribution in [0.15, 0.2) is 18.6 Å². The third kappa shape index (κ3) is 2.56. The lowest BCUT2D eigenvalue weighted by atomic mass is 9.74. The predicted molar refractivity (Wildman–Crippen MR) is 91.6 cm³/mol. The summed E-state index contributed by atoms with van der Waals surface area (Å²) < 4.78 is 24.9. The number of anilines is 1. The normalized spacial score (nSPS) is 28.2. The van der Waals surface area contributed by atoms with Crippen molar-refractivity contribution in [3.8, 4) is 0 Å². The number of aromatic nitrogens is 3. The summed E-state index contributed by atoms with van der Waals surface area (Å²) in [6, 6.07) is 2.41. The van der Waals surface area contributed by atoms with Gasteiger partial charge < -0.3 is 9.88 Å². The van der Waals surface area contributed by atoms with Crippen molar-refractivity contribution in [2.45, 2.75) is 37.8 Å². The van der Waals surface area contributed by atoms with Crippen LogP contribution in [-0.4, -0.2) is 53.4 Å². The molecule has 3 N–H and O–H groups in total. The maximum absolute atomic E-state index is 11.7. The number of aromatic amines is 1. The van der Waals surface area contributed by atoms with Gasteiger partial charge in [0.25, 0.3) is 10.2 Å². The first kappa shape index (κ1) is 15.8. The van der Waals surface area contributed by atoms with E-state index in [1.54, 1.807) is 6.33 Å². The summed E-state index contributed by atoms with van der Waals surface area (Å²) in [7, 11) is -1.55. The van der Waals surface area contributed by atoms with E-state index in [2.05, 4.69) is 19.9 Å². The number of nitrogens with one attached hydrogen (secondary N) is 1. The molecular formula is C15H22N6O2S. The van der Waals surface area contributed by atoms with Crippen molar-refractivity contribution in [3.63, 3.8) is 0 Å². The van der Waals surface area contributed by atoms with Crippen molar-refractivity contribution < 1.29 is 8.42 Å². The molecule has 24 heavy (non-hydrogen) atoms. The molecule has 2 fully saturated rings. The van der Waals surface area contributed by atoms with Gasteiger partial charge in [-0.1, -0.05) is 0 Å². The van der Waals surface area contributed by atoms with E-state index in [4.69, 9.17) is 5.14 Å². The smallest absolute Gasteiger partial charge is 0.277 e. The molecule has 2 aromatic rings. The van der Waals surface area contributed by atoms with Crippen LogP contribution in [0.1, 0.15) is 25.7 Å². The quantitative estimate of drug-likeness (QED) is 0.849. The summed E-state index contributed by atoms with van der Waals surface area (Å²) in [5.74, 6) is 1.29. The number of fused-ring (bicyclic) bond motifs is 1. The topological polar surface area (TPSA) is 108 Å². The zero-order valence-corrected chi connectivity index (χ0v) is 14.4. The van der Waals surface area contributed by atoms with E-state index in [0.717, 1.165) is 42.5 Å². The van der Waals surface area contributed by atoms with E-state index in [1.165, 1.54) is 4.31 Å². The molecule has 0 amide bonds. The molecule has 0 spiro atoms. The first-order valence-corrected chi connectivity index (χ1v) is 9.76. The number of nitrogens with two attached hydrogens (primary N) is 1. The first-order valence-electron chi connectivity index (χ1n) is 8.25. The lowest BCUT2D eigenvalue weighted by Gasteiger charge is -2.45. The molecule has 130 valence electrons. The molecule has 1 saturated heterocycles. The van der Waals surface area contributed by atoms with Crippen LogP contribution in [0, 0.1) is 5.92 Å². The fourth-order valence-corrected chi connectivity index (χ4v) is 5.16. The second kappa shape index (κ2) is 5.68. The van der Waals surface area contributed by atoms with Gasteiger partial charge in [0.1, 0.15) is 17.8 Å². The van der Waals surface area contributed by atoms with Crippen LogP contribution >= 0.6 is 0 Å². The Morgan fingerprint density at radius 2 is 2.17 bits per heavy atom. The minimum absolute atomic E-state index is 0.0577. The SMILES string of the molecule is CN(c1ncnc2[nH]ccc12)C1CC(C2CCCN2S(N)(=O)=O)C1. The van der Waals surface area contributed by atoms with E-state index in [9.17, 15) is 8.42 Å². The summed E-state index contributed by atoms with van der Waals surface area (Å²) in [5, 5.41) is 6.36. The van der Waals surface area contributed by atoms with Gasteiger partial charge in [-0.25, -0.2) is 15.1 Å². The van der Waals surface area contributed by atoms with E-state index in [0.29, 0.717) is 18.5 Å². The van der Waals surface area contributed by atoms with Crippen molar-refractivity contribution >= 4 is 27.1 Å². The molecule has 8 nitrogen and oxygen atoms in total. The summed E-state index contributed by atoms with van der Waals surface area (Å²) >= 11 is 0. The molecule has 2 aromatic heterocycles. The second-order valence-electron chi connectivity index (χ2n) is 6.80. The van der Waals surface area contributed by atoms with Crippen molar-refractivity contribution in [1.29, 1.82) is 0 Å². The summed E-state index contributed by atoms with van der Waals surface area (Å²) in [5.41, 5.74) is 0.832. The summed E-state index contributed by atoms with van der Waals surface area (Å²) in [4.78, 5) is 13.9. The van der Waals surface area contributed by atoms with Gasteiger partial charge in [0, 0.05) is 31.9 Å². The maximum atomic E-state index is 11.7. The molecule has 1 aliphatic heterocycles. The average molecular weight is 350 g/mol. The standard InChI is InChI=1S/C15H22N6O2S/c1-20(15-12-4-5-17-14(12)18-9-19-15)11-7-10(8-11)13-3-2-6-21(13)24(16,22)23/h4-5,9-11,13H,2-3,6-8H2,1H3,(H2,16,22,23)(H,17,18,19). The lowest BCUT2D eigenvalue weighted by molar-refractivity contribution is 0.162. The van der Waals surface area contributed by atoms with E-state index < -0.39 is 10.2 Å². The van der Waals surface area contributed by atoms with Crippen LogP contribution in [0.3, 0.4) is 0 Å². The minimum Gasteiger partial charge on any atom is -0.356 e. The largest absolute Gasteiger partial charge is 0.356 e. The van der Waals surface area contributed by atoms with Crippen LogP contribution in [0.2, 0.25) is 0 Å². The summed E-state index contributed by atoms with van der Waals surface area (Å²) in [6.07, 6.45) is 7.16. The van der Waals surface area contributed by atoms with Gasteiger partial charge in [0.2, 0.25) is 0 Å². The van der Waals surface area contributed by atoms with Crippen LogP contribution in [0.5, 0.6) is 0 Å². The Kier molecular flexibility index (Phi) is 3.74. The zero-order valence-electron chi connectivity index (χ0n) is 13.6. The Hall–Kier alpha value is -1.71. The zero-order chi connectivity index (χ0) is 16.9. The molecule has 2 aliphatic rings. The molecule has 9 heteroatoms. The number of nitrogens with zero attached hydrogens (tertiary/aromatic N) is 4. The number of hydrogen-bond donors (Lipinski definition) is 2. The van der Waals surface area contributed by atoms with Gasteiger partial charge in [0.05, 0.1) is 5.39 Å². The van der Waals surface area contributed by atoms with E-state index in [-0.39, 0.29) is 6.04 Å². The molecule has 1 unspecified atom stereocenters. The number of H-pyrrole nitrogens is 1. The fourth-order valence-electron chi connectivity index (χ4n) is 4.13. The third-order valence-corrected chi connectivity index (χ3v) is 6.59. The molecule has 0 bridgehead atoms. The molecule has 4 rings (SSSR count). The highest BCUT2D eigenvalue weighted by Crippen LogP contribution is 2.41. The second-order valence-corrected chi connectivity index (χ2v) is 8.30. The van der Waals surface area contributed by atoms with Gasteiger partial charge in [-0.05, 0) is 37.7 Å². The Morgan fingerprint density at radius 3 is 2.92 bits per heavy atom. The molecule has 0 aromatic carbocycles. The molecular weight excluding hydrogens is 328 g/mol. The lowest BCUT2D eigenvalue weighted by Crippen LogP contribution is -2.52. The predicted octanol–water partition coefficient (Wildman–Crippen LogP) is 0.841. The molecule has 1 atom stereocenters. The molecule has 3 heterocycles. The molecule has 1 saturated carbocycles. The number of rotatable bonds is 4. The Bertz CT molecular complexity index is 845. The molecule has 0 radical (unpaired) electrons. The minimum atomic E-state index is -3.59. The summed E-state index contributed by atoms with van der Waals surface area (Å²) in [6.45, 7) is 0.552. The van der Waals surface area contributed by atoms with Gasteiger partial charge >= 0.3 is 0 Å². The van der Waals surface area contributed by atoms with Crippen molar-refractivity contribution in [2.24, 2.45) is 11.1 Å². The first-order chi connectivity index (χ1) is 11.4. The van der Waals surface area contributed by atoms with Gasteiger partial charge in [-0.3, -0.25) is 0 Å². The molecule has 1 aliphatic carbocycles. The Labute approximate surface area is 141 Å². The monoisotopic (exact) mass is 350 g/mol. The fraction of sp³-hybridized carbons (Fsp3) is 0.600. The highest BCUT2D eigenvalue weighted by Gasteiger charge is 2.44. The highest BCUT2D eigenvalue weighted by molar-refractivity contribution is 7.86. The maximum Gasteiger partial charge on any atom is 0.277 e. The van der Waals surface area contributed by atoms with Gasteiger partial charge in [0.15, 0.2) is 0 Å². The highest BCUT2D eigenvalue weighted by atomic mass is 32.2. The average Bonchev–Trinajstić information content (AvgIpc) is 3.13. The van der Waals surface area contributed by atoms with Crippen molar-refractivity contribution in [1.82, 2.24) is 19.3 Å². The third-order valence-electron chi connectivity index (χ3n) is 5.48. The van der Waals surface area contributed by atoms with Crippen LogP contribution in [-0.2, 0) is 10.2 Å². The van der Waals surface area contributed by atoms with Crippen LogP contribution in [0.25, 0.3) is 11.0 Å².